The smallest absolute Gasteiger partial charge is 0.312 e. The maximum Gasteiger partial charge on any atom is 0.312 e. The number of benzene rings is 2. The summed E-state index contributed by atoms with van der Waals surface area (Å²) in [6.07, 6.45) is -1.08. The summed E-state index contributed by atoms with van der Waals surface area (Å²) < 4.78 is 5.42. The minimum atomic E-state index is -1.08. The molecule has 2 atom stereocenters. The first-order valence-electron chi connectivity index (χ1n) is 10.0. The van der Waals surface area contributed by atoms with E-state index >= 15 is 0 Å². The first kappa shape index (κ1) is 23.8. The van der Waals surface area contributed by atoms with Gasteiger partial charge in [0, 0.05) is 34.9 Å². The molecule has 3 rings (SSSR count). The van der Waals surface area contributed by atoms with Gasteiger partial charge in [-0.3, -0.25) is 29.6 Å². The summed E-state index contributed by atoms with van der Waals surface area (Å²) in [6, 6.07) is 13.1. The van der Waals surface area contributed by atoms with Crippen molar-refractivity contribution in [1.82, 2.24) is 10.4 Å². The zero-order valence-corrected chi connectivity index (χ0v) is 18.9. The van der Waals surface area contributed by atoms with Gasteiger partial charge in [-0.15, -0.1) is 11.6 Å². The van der Waals surface area contributed by atoms with Crippen molar-refractivity contribution in [3.63, 3.8) is 0 Å². The molecular weight excluding hydrogens is 455 g/mol. The largest absolute Gasteiger partial charge is 0.454 e. The van der Waals surface area contributed by atoms with E-state index in [-0.39, 0.29) is 25.3 Å². The Morgan fingerprint density at radius 1 is 1.09 bits per heavy atom. The van der Waals surface area contributed by atoms with Gasteiger partial charge in [-0.2, -0.15) is 0 Å². The van der Waals surface area contributed by atoms with E-state index in [4.69, 9.17) is 27.9 Å². The number of carbonyl (C=O) groups is 4. The highest BCUT2D eigenvalue weighted by molar-refractivity contribution is 6.30. The van der Waals surface area contributed by atoms with Crippen LogP contribution in [-0.2, 0) is 14.3 Å². The van der Waals surface area contributed by atoms with Crippen LogP contribution < -0.4 is 5.43 Å². The number of aryl methyl sites for hydroxylation is 1. The minimum Gasteiger partial charge on any atom is -0.454 e. The molecule has 1 aliphatic rings. The molecule has 1 N–H and O–H groups in total. The molecule has 2 aromatic carbocycles. The normalized spacial score (nSPS) is 16.5. The predicted octanol–water partition coefficient (Wildman–Crippen LogP) is 3.57. The molecular formula is C23H22Cl2N2O5. The molecule has 0 aliphatic carbocycles. The van der Waals surface area contributed by atoms with E-state index < -0.39 is 35.6 Å². The molecule has 1 fully saturated rings. The lowest BCUT2D eigenvalue weighted by Crippen LogP contribution is -2.43. The molecule has 9 heteroatoms. The van der Waals surface area contributed by atoms with Gasteiger partial charge in [0.25, 0.3) is 5.91 Å². The molecule has 0 spiro atoms. The monoisotopic (exact) mass is 476 g/mol. The lowest BCUT2D eigenvalue weighted by molar-refractivity contribution is -0.151. The Hall–Kier alpha value is -2.90. The Kier molecular flexibility index (Phi) is 7.88. The lowest BCUT2D eigenvalue weighted by Gasteiger charge is -2.19. The van der Waals surface area contributed by atoms with Gasteiger partial charge < -0.3 is 4.74 Å². The number of hydrogen-bond donors (Lipinski definition) is 1. The third-order valence-electron chi connectivity index (χ3n) is 5.06. The molecule has 2 amide bonds. The molecule has 32 heavy (non-hydrogen) atoms. The highest BCUT2D eigenvalue weighted by atomic mass is 35.5. The van der Waals surface area contributed by atoms with Crippen molar-refractivity contribution >= 4 is 46.8 Å². The van der Waals surface area contributed by atoms with Gasteiger partial charge in [-0.25, -0.2) is 0 Å². The number of hydrogen-bond acceptors (Lipinski definition) is 5. The van der Waals surface area contributed by atoms with Gasteiger partial charge >= 0.3 is 5.97 Å². The van der Waals surface area contributed by atoms with Crippen LogP contribution in [0.5, 0.6) is 0 Å². The summed E-state index contributed by atoms with van der Waals surface area (Å²) in [4.78, 5) is 50.1. The van der Waals surface area contributed by atoms with E-state index in [1.807, 2.05) is 6.92 Å². The van der Waals surface area contributed by atoms with Crippen molar-refractivity contribution in [2.24, 2.45) is 5.92 Å². The summed E-state index contributed by atoms with van der Waals surface area (Å²) in [7, 11) is 0. The van der Waals surface area contributed by atoms with Crippen LogP contribution in [0.15, 0.2) is 48.5 Å². The number of amides is 2. The number of Topliss-reactive ketones (excluding diaryl/α,β-unsaturated/α-hetero) is 1. The van der Waals surface area contributed by atoms with Crippen molar-refractivity contribution in [3.8, 4) is 0 Å². The van der Waals surface area contributed by atoms with Crippen molar-refractivity contribution in [2.75, 3.05) is 12.4 Å². The Labute approximate surface area is 195 Å². The molecule has 7 nitrogen and oxygen atoms in total. The van der Waals surface area contributed by atoms with E-state index in [1.54, 1.807) is 48.5 Å². The summed E-state index contributed by atoms with van der Waals surface area (Å²) in [5, 5.41) is 1.58. The number of halogens is 2. The second-order valence-corrected chi connectivity index (χ2v) is 8.30. The van der Waals surface area contributed by atoms with E-state index in [2.05, 4.69) is 5.43 Å². The number of alkyl halides is 1. The number of esters is 1. The van der Waals surface area contributed by atoms with E-state index in [0.29, 0.717) is 16.1 Å². The Bertz CT molecular complexity index is 1010. The zero-order chi connectivity index (χ0) is 23.3. The molecule has 1 saturated heterocycles. The van der Waals surface area contributed by atoms with Crippen LogP contribution >= 0.6 is 23.2 Å². The average molecular weight is 477 g/mol. The van der Waals surface area contributed by atoms with Crippen LogP contribution in [0.1, 0.15) is 39.1 Å². The lowest BCUT2D eigenvalue weighted by atomic mass is 10.0. The van der Waals surface area contributed by atoms with Crippen LogP contribution in [0.3, 0.4) is 0 Å². The van der Waals surface area contributed by atoms with Gasteiger partial charge in [0.15, 0.2) is 6.10 Å². The Morgan fingerprint density at radius 3 is 2.34 bits per heavy atom. The molecule has 0 unspecified atom stereocenters. The first-order valence-corrected chi connectivity index (χ1v) is 10.9. The maximum atomic E-state index is 12.7. The number of ether oxygens (including phenoxy) is 1. The number of carbonyl (C=O) groups excluding carboxylic acids is 4. The highest BCUT2D eigenvalue weighted by Gasteiger charge is 2.38. The standard InChI is InChI=1S/C23H22Cl2N2O5/c1-14-2-4-16(5-3-14)22(30)26-27-13-17(12-20(27)28)23(31)32-19(10-11-24)21(29)15-6-8-18(25)9-7-15/h2-9,17,19H,10-13H2,1H3,(H,26,30)/t17-,19+/m0/s1. The Morgan fingerprint density at radius 2 is 1.72 bits per heavy atom. The van der Waals surface area contributed by atoms with E-state index in [9.17, 15) is 19.2 Å². The van der Waals surface area contributed by atoms with Gasteiger partial charge in [-0.05, 0) is 43.3 Å². The molecule has 0 radical (unpaired) electrons. The average Bonchev–Trinajstić information content (AvgIpc) is 3.14. The SMILES string of the molecule is Cc1ccc(C(=O)NN2C[C@@H](C(=O)O[C@H](CCCl)C(=O)c3ccc(Cl)cc3)CC2=O)cc1. The zero-order valence-electron chi connectivity index (χ0n) is 17.3. The van der Waals surface area contributed by atoms with Crippen molar-refractivity contribution in [3.05, 3.63) is 70.2 Å². The molecule has 168 valence electrons. The summed E-state index contributed by atoms with van der Waals surface area (Å²) in [5.74, 6) is -2.65. The predicted molar refractivity (Wildman–Crippen MR) is 119 cm³/mol. The van der Waals surface area contributed by atoms with Crippen LogP contribution in [-0.4, -0.2) is 47.1 Å². The maximum absolute atomic E-state index is 12.7. The Balaban J connectivity index is 1.61. The fourth-order valence-corrected chi connectivity index (χ4v) is 3.57. The molecule has 0 bridgehead atoms. The summed E-state index contributed by atoms with van der Waals surface area (Å²) in [5.41, 5.74) is 4.25. The highest BCUT2D eigenvalue weighted by Crippen LogP contribution is 2.21. The second-order valence-electron chi connectivity index (χ2n) is 7.49. The van der Waals surface area contributed by atoms with Crippen molar-refractivity contribution in [1.29, 1.82) is 0 Å². The minimum absolute atomic E-state index is 0.0437. The summed E-state index contributed by atoms with van der Waals surface area (Å²) in [6.45, 7) is 1.86. The number of nitrogens with one attached hydrogen (secondary N) is 1. The van der Waals surface area contributed by atoms with Crippen LogP contribution in [0, 0.1) is 12.8 Å². The van der Waals surface area contributed by atoms with Gasteiger partial charge in [-0.1, -0.05) is 29.3 Å². The van der Waals surface area contributed by atoms with Crippen LogP contribution in [0.4, 0.5) is 0 Å². The van der Waals surface area contributed by atoms with Gasteiger partial charge in [0.1, 0.15) is 0 Å². The third kappa shape index (κ3) is 5.87. The first-order chi connectivity index (χ1) is 15.3. The molecule has 1 aliphatic heterocycles. The van der Waals surface area contributed by atoms with Crippen LogP contribution in [0.2, 0.25) is 5.02 Å². The fourth-order valence-electron chi connectivity index (χ4n) is 3.24. The van der Waals surface area contributed by atoms with Crippen molar-refractivity contribution < 1.29 is 23.9 Å². The number of nitrogens with zero attached hydrogens (tertiary/aromatic N) is 1. The molecule has 0 aromatic heterocycles. The van der Waals surface area contributed by atoms with Gasteiger partial charge in [0.2, 0.25) is 11.7 Å². The van der Waals surface area contributed by atoms with Gasteiger partial charge in [0.05, 0.1) is 12.5 Å². The quantitative estimate of drug-likeness (QED) is 0.357. The topological polar surface area (TPSA) is 92.8 Å². The molecule has 0 saturated carbocycles. The summed E-state index contributed by atoms with van der Waals surface area (Å²) >= 11 is 11.6. The van der Waals surface area contributed by atoms with Crippen LogP contribution in [0.25, 0.3) is 0 Å². The third-order valence-corrected chi connectivity index (χ3v) is 5.53. The van der Waals surface area contributed by atoms with Crippen molar-refractivity contribution in [2.45, 2.75) is 25.9 Å². The second kappa shape index (κ2) is 10.6. The molecule has 2 aromatic rings. The van der Waals surface area contributed by atoms with E-state index in [0.717, 1.165) is 10.6 Å². The number of hydrazine groups is 1. The van der Waals surface area contributed by atoms with E-state index in [1.165, 1.54) is 0 Å². The number of ketones is 1. The fraction of sp³-hybridized carbons (Fsp3) is 0.304. The molecule has 1 heterocycles. The number of rotatable bonds is 8.